The minimum absolute atomic E-state index is 0.260. The van der Waals surface area contributed by atoms with Crippen LogP contribution in [0.5, 0.6) is 5.75 Å². The Morgan fingerprint density at radius 3 is 1.67 bits per heavy atom. The van der Waals surface area contributed by atoms with E-state index in [0.717, 1.165) is 5.56 Å². The summed E-state index contributed by atoms with van der Waals surface area (Å²) < 4.78 is -0.260. The third-order valence-corrected chi connectivity index (χ3v) is 3.06. The summed E-state index contributed by atoms with van der Waals surface area (Å²) in [6, 6.07) is 10.7. The fourth-order valence-electron chi connectivity index (χ4n) is 2.00. The minimum atomic E-state index is -1.21. The number of hydrogen-bond donors (Lipinski definition) is 1. The highest BCUT2D eigenvalue weighted by Gasteiger charge is 2.30. The maximum absolute atomic E-state index is 11.2. The average Bonchev–Trinajstić information content (AvgIpc) is 2.54. The Kier molecular flexibility index (Phi) is 6.85. The fraction of sp³-hybridized carbons (Fsp3) is 0.200. The van der Waals surface area contributed by atoms with Gasteiger partial charge in [0.25, 0.3) is 11.4 Å². The molecule has 0 aliphatic carbocycles. The Morgan fingerprint density at radius 1 is 0.889 bits per heavy atom. The topological polar surface area (TPSA) is 173 Å². The molecule has 12 nitrogen and oxygen atoms in total. The summed E-state index contributed by atoms with van der Waals surface area (Å²) in [5, 5.41) is 51.4. The van der Waals surface area contributed by atoms with Crippen LogP contribution in [0.2, 0.25) is 0 Å². The highest BCUT2D eigenvalue weighted by atomic mass is 16.6. The Balaban J connectivity index is 0.000000289. The number of phenols is 1. The Hall–Kier alpha value is -3.64. The first-order chi connectivity index (χ1) is 12.4. The van der Waals surface area contributed by atoms with Crippen molar-refractivity contribution < 1.29 is 24.5 Å². The van der Waals surface area contributed by atoms with E-state index in [0.29, 0.717) is 18.7 Å². The van der Waals surface area contributed by atoms with E-state index in [-0.39, 0.29) is 4.65 Å². The third-order valence-electron chi connectivity index (χ3n) is 3.06. The summed E-state index contributed by atoms with van der Waals surface area (Å²) >= 11 is 0. The molecule has 1 N–H and O–H groups in total. The quantitative estimate of drug-likeness (QED) is 0.468. The molecule has 0 radical (unpaired) electrons. The van der Waals surface area contributed by atoms with Gasteiger partial charge in [-0.2, -0.15) is 0 Å². The van der Waals surface area contributed by atoms with Crippen LogP contribution in [0, 0.1) is 35.6 Å². The second-order valence-corrected chi connectivity index (χ2v) is 5.82. The number of hydroxylamine groups is 3. The van der Waals surface area contributed by atoms with Crippen molar-refractivity contribution in [3.63, 3.8) is 0 Å². The number of phenolic OH excluding ortho intramolecular Hbond substituents is 1. The number of rotatable bonds is 5. The maximum Gasteiger partial charge on any atom is 0.324 e. The fourth-order valence-corrected chi connectivity index (χ4v) is 2.00. The lowest BCUT2D eigenvalue weighted by molar-refractivity contribution is -0.853. The number of non-ortho nitro benzene ring substituents is 1. The van der Waals surface area contributed by atoms with Crippen molar-refractivity contribution in [1.29, 1.82) is 0 Å². The summed E-state index contributed by atoms with van der Waals surface area (Å²) in [4.78, 5) is 27.8. The summed E-state index contributed by atoms with van der Waals surface area (Å²) in [5.74, 6) is -1.21. The van der Waals surface area contributed by atoms with Crippen LogP contribution in [0.1, 0.15) is 5.56 Å². The van der Waals surface area contributed by atoms with Crippen LogP contribution in [0.4, 0.5) is 17.1 Å². The summed E-state index contributed by atoms with van der Waals surface area (Å²) in [6.07, 6.45) is 0. The van der Waals surface area contributed by atoms with Gasteiger partial charge in [0, 0.05) is 5.56 Å². The van der Waals surface area contributed by atoms with Crippen LogP contribution < -0.4 is 0 Å². The Labute approximate surface area is 152 Å². The normalized spacial score (nSPS) is 10.5. The molecular weight excluding hydrogens is 364 g/mol. The van der Waals surface area contributed by atoms with Crippen LogP contribution in [-0.4, -0.2) is 38.6 Å². The molecule has 0 fully saturated rings. The molecule has 0 aliphatic heterocycles. The standard InChI is InChI=1S/C9H13NO.C6H3N3O7/c1-10(2,11)8-9-6-4-3-5-7-9;10-6-4(8(13)14)1-3(7(11)12)2-5(6)9(15)16/h3-7H,8H2,1-2H3;1-2,10H. The summed E-state index contributed by atoms with van der Waals surface area (Å²) in [7, 11) is 3.29. The summed E-state index contributed by atoms with van der Waals surface area (Å²) in [6.45, 7) is 0.542. The van der Waals surface area contributed by atoms with Crippen molar-refractivity contribution in [1.82, 2.24) is 0 Å². The largest absolute Gasteiger partial charge is 0.633 e. The highest BCUT2D eigenvalue weighted by Crippen LogP contribution is 2.38. The molecule has 144 valence electrons. The van der Waals surface area contributed by atoms with E-state index in [1.165, 1.54) is 0 Å². The zero-order chi connectivity index (χ0) is 20.8. The smallest absolute Gasteiger partial charge is 0.324 e. The van der Waals surface area contributed by atoms with Gasteiger partial charge in [0.15, 0.2) is 0 Å². The molecule has 0 aliphatic rings. The van der Waals surface area contributed by atoms with Crippen LogP contribution >= 0.6 is 0 Å². The van der Waals surface area contributed by atoms with E-state index in [1.807, 2.05) is 30.3 Å². The van der Waals surface area contributed by atoms with Gasteiger partial charge in [0.2, 0.25) is 0 Å². The van der Waals surface area contributed by atoms with Crippen molar-refractivity contribution in [2.24, 2.45) is 0 Å². The molecule has 0 bridgehead atoms. The van der Waals surface area contributed by atoms with Crippen LogP contribution in [0.25, 0.3) is 0 Å². The number of hydrogen-bond acceptors (Lipinski definition) is 8. The lowest BCUT2D eigenvalue weighted by Crippen LogP contribution is -2.30. The van der Waals surface area contributed by atoms with E-state index in [9.17, 15) is 35.6 Å². The molecule has 2 aromatic carbocycles. The molecule has 2 aromatic rings. The summed E-state index contributed by atoms with van der Waals surface area (Å²) in [5.41, 5.74) is -1.91. The lowest BCUT2D eigenvalue weighted by Gasteiger charge is -2.33. The molecular formula is C15H16N4O8. The number of nitro benzene ring substituents is 3. The van der Waals surface area contributed by atoms with Gasteiger partial charge in [-0.15, -0.1) is 0 Å². The van der Waals surface area contributed by atoms with Gasteiger partial charge >= 0.3 is 11.4 Å². The molecule has 0 unspecified atom stereocenters. The molecule has 0 heterocycles. The van der Waals surface area contributed by atoms with Crippen LogP contribution in [-0.2, 0) is 6.54 Å². The van der Waals surface area contributed by atoms with Crippen molar-refractivity contribution >= 4 is 17.1 Å². The Morgan fingerprint density at radius 2 is 1.33 bits per heavy atom. The van der Waals surface area contributed by atoms with E-state index >= 15 is 0 Å². The van der Waals surface area contributed by atoms with Crippen molar-refractivity contribution in [3.8, 4) is 5.75 Å². The van der Waals surface area contributed by atoms with Gasteiger partial charge in [0.1, 0.15) is 6.54 Å². The molecule has 0 atom stereocenters. The molecule has 2 rings (SSSR count). The van der Waals surface area contributed by atoms with E-state index in [1.54, 1.807) is 14.1 Å². The first-order valence-electron chi connectivity index (χ1n) is 7.30. The van der Waals surface area contributed by atoms with Gasteiger partial charge in [0.05, 0.1) is 41.0 Å². The highest BCUT2D eigenvalue weighted by molar-refractivity contribution is 5.64. The van der Waals surface area contributed by atoms with E-state index < -0.39 is 37.6 Å². The molecule has 27 heavy (non-hydrogen) atoms. The molecule has 0 aromatic heterocycles. The van der Waals surface area contributed by atoms with Gasteiger partial charge < -0.3 is 15.0 Å². The SMILES string of the molecule is C[N+](C)([O-])Cc1ccccc1.O=[N+]([O-])c1cc([N+](=O)[O-])c(O)c([N+](=O)[O-])c1. The predicted molar refractivity (Wildman–Crippen MR) is 93.7 cm³/mol. The zero-order valence-electron chi connectivity index (χ0n) is 14.3. The van der Waals surface area contributed by atoms with Crippen LogP contribution in [0.15, 0.2) is 42.5 Å². The van der Waals surface area contributed by atoms with Gasteiger partial charge in [-0.25, -0.2) is 0 Å². The molecule has 0 spiro atoms. The van der Waals surface area contributed by atoms with Crippen molar-refractivity contribution in [3.05, 3.63) is 83.6 Å². The number of aromatic hydroxyl groups is 1. The molecule has 0 saturated heterocycles. The predicted octanol–water partition coefficient (Wildman–Crippen LogP) is 2.88. The average molecular weight is 380 g/mol. The number of benzene rings is 2. The van der Waals surface area contributed by atoms with Crippen molar-refractivity contribution in [2.75, 3.05) is 14.1 Å². The van der Waals surface area contributed by atoms with Gasteiger partial charge in [-0.05, 0) is 0 Å². The zero-order valence-corrected chi connectivity index (χ0v) is 14.3. The van der Waals surface area contributed by atoms with Gasteiger partial charge in [-0.1, -0.05) is 30.3 Å². The minimum Gasteiger partial charge on any atom is -0.633 e. The number of nitrogens with zero attached hydrogens (tertiary/aromatic N) is 4. The molecule has 0 saturated carbocycles. The number of nitro groups is 3. The number of quaternary nitrogens is 1. The second-order valence-electron chi connectivity index (χ2n) is 5.82. The Bertz CT molecular complexity index is 814. The second kappa shape index (κ2) is 8.64. The van der Waals surface area contributed by atoms with Crippen LogP contribution in [0.3, 0.4) is 0 Å². The maximum atomic E-state index is 11.2. The third kappa shape index (κ3) is 6.64. The van der Waals surface area contributed by atoms with Gasteiger partial charge in [-0.3, -0.25) is 30.3 Å². The van der Waals surface area contributed by atoms with Crippen molar-refractivity contribution in [2.45, 2.75) is 6.54 Å². The monoisotopic (exact) mass is 380 g/mol. The first kappa shape index (κ1) is 21.4. The first-order valence-corrected chi connectivity index (χ1v) is 7.30. The molecule has 0 amide bonds. The van der Waals surface area contributed by atoms with E-state index in [2.05, 4.69) is 0 Å². The molecule has 12 heteroatoms. The van der Waals surface area contributed by atoms with E-state index in [4.69, 9.17) is 5.11 Å². The lowest BCUT2D eigenvalue weighted by atomic mass is 10.2.